The Morgan fingerprint density at radius 1 is 0.471 bits per heavy atom. The lowest BCUT2D eigenvalue weighted by atomic mass is 10.0. The third-order valence-electron chi connectivity index (χ3n) is 9.64. The van der Waals surface area contributed by atoms with Gasteiger partial charge in [0.2, 0.25) is 5.95 Å². The van der Waals surface area contributed by atoms with Crippen molar-refractivity contribution < 1.29 is 0 Å². The molecule has 11 aromatic rings. The van der Waals surface area contributed by atoms with E-state index in [0.29, 0.717) is 17.6 Å². The van der Waals surface area contributed by atoms with Crippen LogP contribution in [0.25, 0.3) is 102 Å². The maximum absolute atomic E-state index is 5.28. The summed E-state index contributed by atoms with van der Waals surface area (Å²) in [4.78, 5) is 25.8. The average molecular weight is 689 g/mol. The Labute approximate surface area is 299 Å². The molecule has 8 heteroatoms. The first-order valence-corrected chi connectivity index (χ1v) is 18.3. The van der Waals surface area contributed by atoms with E-state index in [1.165, 1.54) is 35.8 Å². The van der Waals surface area contributed by atoms with Crippen molar-refractivity contribution in [3.8, 4) is 39.9 Å². The van der Waals surface area contributed by atoms with Gasteiger partial charge in [0.1, 0.15) is 11.2 Å². The molecule has 0 spiro atoms. The molecule has 0 N–H and O–H groups in total. The molecular weight excluding hydrogens is 665 g/mol. The Morgan fingerprint density at radius 3 is 1.84 bits per heavy atom. The van der Waals surface area contributed by atoms with Crippen LogP contribution < -0.4 is 0 Å². The number of hydrogen-bond acceptors (Lipinski definition) is 7. The number of para-hydroxylation sites is 1. The molecule has 0 radical (unpaired) electrons. The smallest absolute Gasteiger partial charge is 0.238 e. The van der Waals surface area contributed by atoms with Crippen LogP contribution in [0.15, 0.2) is 146 Å². The molecule has 5 heterocycles. The second-order valence-corrected chi connectivity index (χ2v) is 14.6. The molecule has 0 bridgehead atoms. The maximum Gasteiger partial charge on any atom is 0.238 e. The highest BCUT2D eigenvalue weighted by Crippen LogP contribution is 2.51. The van der Waals surface area contributed by atoms with E-state index in [2.05, 4.69) is 119 Å². The van der Waals surface area contributed by atoms with Crippen LogP contribution in [0.1, 0.15) is 0 Å². The number of rotatable bonds is 4. The summed E-state index contributed by atoms with van der Waals surface area (Å²) in [5, 5.41) is 7.01. The summed E-state index contributed by atoms with van der Waals surface area (Å²) in [5.41, 5.74) is 6.24. The summed E-state index contributed by atoms with van der Waals surface area (Å²) in [6, 6.07) is 46.3. The van der Waals surface area contributed by atoms with E-state index in [9.17, 15) is 0 Å². The zero-order valence-corrected chi connectivity index (χ0v) is 28.5. The number of benzene rings is 6. The van der Waals surface area contributed by atoms with Gasteiger partial charge < -0.3 is 0 Å². The van der Waals surface area contributed by atoms with Gasteiger partial charge in [-0.1, -0.05) is 121 Å². The lowest BCUT2D eigenvalue weighted by Gasteiger charge is -2.12. The van der Waals surface area contributed by atoms with Gasteiger partial charge in [-0.3, -0.25) is 4.57 Å². The maximum atomic E-state index is 5.28. The highest BCUT2D eigenvalue weighted by molar-refractivity contribution is 7.30. The summed E-state index contributed by atoms with van der Waals surface area (Å²) in [5.74, 6) is 1.80. The van der Waals surface area contributed by atoms with Crippen molar-refractivity contribution in [3.05, 3.63) is 146 Å². The molecule has 51 heavy (non-hydrogen) atoms. The molecule has 6 nitrogen and oxygen atoms in total. The largest absolute Gasteiger partial charge is 0.277 e. The fourth-order valence-electron chi connectivity index (χ4n) is 7.37. The van der Waals surface area contributed by atoms with Gasteiger partial charge in [-0.25, -0.2) is 15.0 Å². The zero-order chi connectivity index (χ0) is 33.5. The molecule has 5 aromatic heterocycles. The van der Waals surface area contributed by atoms with Gasteiger partial charge in [-0.05, 0) is 23.3 Å². The quantitative estimate of drug-likeness (QED) is 0.184. The van der Waals surface area contributed by atoms with Crippen molar-refractivity contribution in [1.29, 1.82) is 0 Å². The van der Waals surface area contributed by atoms with E-state index in [-0.39, 0.29) is 0 Å². The van der Waals surface area contributed by atoms with Crippen LogP contribution in [0, 0.1) is 0 Å². The van der Waals surface area contributed by atoms with Crippen LogP contribution in [-0.2, 0) is 0 Å². The zero-order valence-electron chi connectivity index (χ0n) is 26.9. The van der Waals surface area contributed by atoms with E-state index in [1.54, 1.807) is 17.7 Å². The normalized spacial score (nSPS) is 11.9. The number of aromatic nitrogens is 6. The van der Waals surface area contributed by atoms with Gasteiger partial charge in [0.25, 0.3) is 0 Å². The van der Waals surface area contributed by atoms with Crippen molar-refractivity contribution in [2.45, 2.75) is 0 Å². The van der Waals surface area contributed by atoms with Gasteiger partial charge in [0.15, 0.2) is 11.6 Å². The Bertz CT molecular complexity index is 3100. The van der Waals surface area contributed by atoms with Gasteiger partial charge in [0, 0.05) is 63.7 Å². The Balaban J connectivity index is 1.28. The van der Waals surface area contributed by atoms with E-state index in [0.717, 1.165) is 48.7 Å². The third kappa shape index (κ3) is 4.30. The van der Waals surface area contributed by atoms with Crippen molar-refractivity contribution in [2.75, 3.05) is 0 Å². The summed E-state index contributed by atoms with van der Waals surface area (Å²) >= 11 is 3.57. The molecule has 0 saturated carbocycles. The molecule has 0 unspecified atom stereocenters. The molecule has 0 aliphatic heterocycles. The fourth-order valence-corrected chi connectivity index (χ4v) is 9.88. The number of thiophene rings is 2. The second kappa shape index (κ2) is 11.1. The van der Waals surface area contributed by atoms with Crippen molar-refractivity contribution in [1.82, 2.24) is 29.5 Å². The highest BCUT2D eigenvalue weighted by atomic mass is 32.1. The van der Waals surface area contributed by atoms with Gasteiger partial charge in [-0.2, -0.15) is 9.97 Å². The van der Waals surface area contributed by atoms with Crippen LogP contribution in [0.5, 0.6) is 0 Å². The van der Waals surface area contributed by atoms with Crippen LogP contribution in [-0.4, -0.2) is 29.5 Å². The summed E-state index contributed by atoms with van der Waals surface area (Å²) in [6.45, 7) is 0. The standard InChI is InChI=1S/C43H24N6S2/c1-3-11-25(12-4-1)26-19-21-28(22-20-26)41-46-40(27-13-5-2-6-14-27)47-43(48-41)49-32-17-9-7-15-29(32)34-37(49)35-31-23-44-24-45-42(31)51-39(35)36-30-16-8-10-18-33(30)50-38(34)36/h1-24H. The fraction of sp³-hybridized carbons (Fsp3) is 0. The minimum Gasteiger partial charge on any atom is -0.277 e. The molecule has 0 amide bonds. The summed E-state index contributed by atoms with van der Waals surface area (Å²) in [6.07, 6.45) is 3.59. The van der Waals surface area contributed by atoms with Crippen molar-refractivity contribution in [3.63, 3.8) is 0 Å². The first-order chi connectivity index (χ1) is 25.3. The van der Waals surface area contributed by atoms with Gasteiger partial charge in [-0.15, -0.1) is 22.7 Å². The number of fused-ring (bicyclic) bond motifs is 12. The molecule has 0 aliphatic rings. The first kappa shape index (κ1) is 28.5. The molecule has 0 aliphatic carbocycles. The molecule has 0 fully saturated rings. The third-order valence-corrected chi connectivity index (χ3v) is 12.0. The Morgan fingerprint density at radius 2 is 1.06 bits per heavy atom. The molecule has 11 rings (SSSR count). The van der Waals surface area contributed by atoms with Crippen molar-refractivity contribution in [2.24, 2.45) is 0 Å². The van der Waals surface area contributed by atoms with Crippen LogP contribution in [0.2, 0.25) is 0 Å². The highest BCUT2D eigenvalue weighted by Gasteiger charge is 2.26. The number of nitrogens with zero attached hydrogens (tertiary/aromatic N) is 6. The number of hydrogen-bond donors (Lipinski definition) is 0. The second-order valence-electron chi connectivity index (χ2n) is 12.5. The van der Waals surface area contributed by atoms with Gasteiger partial charge in [0.05, 0.1) is 11.0 Å². The predicted molar refractivity (Wildman–Crippen MR) is 212 cm³/mol. The van der Waals surface area contributed by atoms with Crippen molar-refractivity contribution >= 4 is 85.0 Å². The monoisotopic (exact) mass is 688 g/mol. The summed E-state index contributed by atoms with van der Waals surface area (Å²) in [7, 11) is 0. The Kier molecular flexibility index (Phi) is 6.19. The molecule has 0 atom stereocenters. The molecule has 238 valence electrons. The predicted octanol–water partition coefficient (Wildman–Crippen LogP) is 11.5. The Hall–Kier alpha value is -6.35. The van der Waals surface area contributed by atoms with E-state index in [1.807, 2.05) is 41.8 Å². The van der Waals surface area contributed by atoms with Crippen LogP contribution >= 0.6 is 22.7 Å². The lowest BCUT2D eigenvalue weighted by Crippen LogP contribution is -2.06. The molecule has 0 saturated heterocycles. The topological polar surface area (TPSA) is 69.4 Å². The van der Waals surface area contributed by atoms with E-state index < -0.39 is 0 Å². The summed E-state index contributed by atoms with van der Waals surface area (Å²) < 4.78 is 5.95. The average Bonchev–Trinajstić information content (AvgIpc) is 3.88. The van der Waals surface area contributed by atoms with E-state index >= 15 is 0 Å². The first-order valence-electron chi connectivity index (χ1n) is 16.7. The SMILES string of the molecule is c1ccc(-c2ccc(-c3nc(-c4ccccc4)nc(-n4c5ccccc5c5c6sc7ccccc7c6c6sc7ncncc7c6c54)n3)cc2)cc1. The van der Waals surface area contributed by atoms with E-state index in [4.69, 9.17) is 19.9 Å². The lowest BCUT2D eigenvalue weighted by molar-refractivity contribution is 0.955. The minimum absolute atomic E-state index is 0.565. The molecular formula is C43H24N6S2. The van der Waals surface area contributed by atoms with Crippen LogP contribution in [0.4, 0.5) is 0 Å². The van der Waals surface area contributed by atoms with Gasteiger partial charge >= 0.3 is 0 Å². The molecule has 6 aromatic carbocycles. The minimum atomic E-state index is 0.565. The van der Waals surface area contributed by atoms with Crippen LogP contribution in [0.3, 0.4) is 0 Å².